The van der Waals surface area contributed by atoms with Crippen molar-refractivity contribution in [1.82, 2.24) is 9.88 Å². The Morgan fingerprint density at radius 2 is 1.93 bits per heavy atom. The van der Waals surface area contributed by atoms with E-state index in [1.165, 1.54) is 6.07 Å². The Labute approximate surface area is 163 Å². The summed E-state index contributed by atoms with van der Waals surface area (Å²) in [5.41, 5.74) is 1.90. The van der Waals surface area contributed by atoms with Gasteiger partial charge in [-0.1, -0.05) is 22.0 Å². The quantitative estimate of drug-likeness (QED) is 0.488. The Morgan fingerprint density at radius 3 is 2.63 bits per heavy atom. The van der Waals surface area contributed by atoms with Gasteiger partial charge in [0.1, 0.15) is 5.52 Å². The number of rotatable bonds is 3. The maximum absolute atomic E-state index is 13.6. The number of aromatic nitrogens is 1. The topological polar surface area (TPSA) is 29.3 Å². The highest BCUT2D eigenvalue weighted by atomic mass is 79.9. The lowest BCUT2D eigenvalue weighted by molar-refractivity contribution is -0.138. The van der Waals surface area contributed by atoms with Gasteiger partial charge in [-0.05, 0) is 68.2 Å². The van der Waals surface area contributed by atoms with Crippen LogP contribution in [0.5, 0.6) is 0 Å². The van der Waals surface area contributed by atoms with Crippen LogP contribution in [-0.2, 0) is 12.7 Å². The molecule has 0 amide bonds. The summed E-state index contributed by atoms with van der Waals surface area (Å²) in [5, 5.41) is 0. The minimum absolute atomic E-state index is 0.155. The van der Waals surface area contributed by atoms with E-state index < -0.39 is 11.7 Å². The van der Waals surface area contributed by atoms with E-state index in [1.807, 2.05) is 25.1 Å². The van der Waals surface area contributed by atoms with Crippen molar-refractivity contribution >= 4 is 27.0 Å². The van der Waals surface area contributed by atoms with Gasteiger partial charge in [0.15, 0.2) is 5.58 Å². The lowest BCUT2D eigenvalue weighted by Crippen LogP contribution is -2.21. The third-order valence-electron chi connectivity index (χ3n) is 5.01. The third kappa shape index (κ3) is 3.62. The number of nitrogens with zero attached hydrogens (tertiary/aromatic N) is 2. The van der Waals surface area contributed by atoms with Crippen molar-refractivity contribution in [3.63, 3.8) is 0 Å². The predicted octanol–water partition coefficient (Wildman–Crippen LogP) is 6.18. The Balaban J connectivity index is 1.82. The maximum Gasteiger partial charge on any atom is 0.416 e. The Hall–Kier alpha value is -1.86. The van der Waals surface area contributed by atoms with E-state index >= 15 is 0 Å². The van der Waals surface area contributed by atoms with Crippen molar-refractivity contribution in [3.05, 3.63) is 51.5 Å². The van der Waals surface area contributed by atoms with Crippen LogP contribution in [0.4, 0.5) is 13.2 Å². The fraction of sp³-hybridized carbons (Fsp3) is 0.350. The molecule has 0 N–H and O–H groups in total. The number of halogens is 4. The zero-order valence-electron chi connectivity index (χ0n) is 14.7. The fourth-order valence-corrected chi connectivity index (χ4v) is 3.91. The van der Waals surface area contributed by atoms with Gasteiger partial charge in [-0.3, -0.25) is 4.90 Å². The summed E-state index contributed by atoms with van der Waals surface area (Å²) in [6.07, 6.45) is -2.37. The first kappa shape index (κ1) is 18.5. The first-order valence-corrected chi connectivity index (χ1v) is 9.61. The molecule has 2 heterocycles. The smallest absolute Gasteiger partial charge is 0.416 e. The van der Waals surface area contributed by atoms with Gasteiger partial charge in [0.05, 0.1) is 5.56 Å². The number of oxazole rings is 1. The predicted molar refractivity (Wildman–Crippen MR) is 101 cm³/mol. The van der Waals surface area contributed by atoms with Crippen molar-refractivity contribution in [3.8, 4) is 11.5 Å². The molecule has 1 aliphatic rings. The first-order chi connectivity index (χ1) is 12.8. The molecule has 2 aromatic carbocycles. The number of hydrogen-bond acceptors (Lipinski definition) is 3. The van der Waals surface area contributed by atoms with Gasteiger partial charge in [0.25, 0.3) is 0 Å². The highest BCUT2D eigenvalue weighted by molar-refractivity contribution is 9.10. The molecule has 0 spiro atoms. The van der Waals surface area contributed by atoms with Gasteiger partial charge < -0.3 is 4.42 Å². The number of hydrogen-bond donors (Lipinski definition) is 0. The molecule has 1 aliphatic heterocycles. The molecule has 0 bridgehead atoms. The SMILES string of the molecule is Cc1c(Br)cccc1-c1nc2cc(CN3CCCC3)c(C(F)(F)F)cc2o1. The largest absolute Gasteiger partial charge is 0.436 e. The molecule has 0 atom stereocenters. The van der Waals surface area contributed by atoms with E-state index in [-0.39, 0.29) is 17.7 Å². The van der Waals surface area contributed by atoms with Crippen LogP contribution in [0.2, 0.25) is 0 Å². The van der Waals surface area contributed by atoms with E-state index in [0.29, 0.717) is 11.4 Å². The standard InChI is InChI=1S/C20H18BrF3N2O/c1-12-14(5-4-6-16(12)21)19-25-17-9-13(11-26-7-2-3-8-26)15(20(22,23)24)10-18(17)27-19/h4-6,9-10H,2-3,7-8,11H2,1H3. The average molecular weight is 439 g/mol. The minimum Gasteiger partial charge on any atom is -0.436 e. The molecular formula is C20H18BrF3N2O. The Kier molecular flexibility index (Phi) is 4.76. The second kappa shape index (κ2) is 6.95. The molecular weight excluding hydrogens is 421 g/mol. The Bertz CT molecular complexity index is 991. The zero-order valence-corrected chi connectivity index (χ0v) is 16.3. The number of likely N-dealkylation sites (tertiary alicyclic amines) is 1. The highest BCUT2D eigenvalue weighted by Crippen LogP contribution is 2.37. The maximum atomic E-state index is 13.6. The van der Waals surface area contributed by atoms with Crippen molar-refractivity contribution < 1.29 is 17.6 Å². The summed E-state index contributed by atoms with van der Waals surface area (Å²) in [5.74, 6) is 0.329. The monoisotopic (exact) mass is 438 g/mol. The molecule has 3 nitrogen and oxygen atoms in total. The van der Waals surface area contributed by atoms with Crippen LogP contribution in [0.15, 0.2) is 39.2 Å². The summed E-state index contributed by atoms with van der Waals surface area (Å²) in [6.45, 7) is 3.85. The lowest BCUT2D eigenvalue weighted by atomic mass is 10.1. The van der Waals surface area contributed by atoms with Gasteiger partial charge in [0.2, 0.25) is 5.89 Å². The fourth-order valence-electron chi connectivity index (χ4n) is 3.55. The number of benzene rings is 2. The van der Waals surface area contributed by atoms with Crippen LogP contribution in [0.25, 0.3) is 22.6 Å². The molecule has 0 unspecified atom stereocenters. The highest BCUT2D eigenvalue weighted by Gasteiger charge is 2.35. The summed E-state index contributed by atoms with van der Waals surface area (Å²) < 4.78 is 47.4. The van der Waals surface area contributed by atoms with Gasteiger partial charge >= 0.3 is 6.18 Å². The lowest BCUT2D eigenvalue weighted by Gasteiger charge is -2.18. The number of fused-ring (bicyclic) bond motifs is 1. The van der Waals surface area contributed by atoms with Crippen molar-refractivity contribution in [2.24, 2.45) is 0 Å². The average Bonchev–Trinajstić information content (AvgIpc) is 3.25. The van der Waals surface area contributed by atoms with Gasteiger partial charge in [-0.25, -0.2) is 4.98 Å². The summed E-state index contributed by atoms with van der Waals surface area (Å²) in [7, 11) is 0. The molecule has 4 rings (SSSR count). The second-order valence-corrected chi connectivity index (χ2v) is 7.74. The molecule has 7 heteroatoms. The van der Waals surface area contributed by atoms with E-state index in [9.17, 15) is 13.2 Å². The van der Waals surface area contributed by atoms with E-state index in [0.717, 1.165) is 47.6 Å². The molecule has 3 aromatic rings. The van der Waals surface area contributed by atoms with E-state index in [2.05, 4.69) is 25.8 Å². The Morgan fingerprint density at radius 1 is 1.19 bits per heavy atom. The third-order valence-corrected chi connectivity index (χ3v) is 5.87. The van der Waals surface area contributed by atoms with Crippen LogP contribution >= 0.6 is 15.9 Å². The van der Waals surface area contributed by atoms with Crippen molar-refractivity contribution in [2.75, 3.05) is 13.1 Å². The molecule has 0 aliphatic carbocycles. The molecule has 1 fully saturated rings. The van der Waals surface area contributed by atoms with Gasteiger partial charge in [0, 0.05) is 16.6 Å². The van der Waals surface area contributed by atoms with Crippen LogP contribution < -0.4 is 0 Å². The van der Waals surface area contributed by atoms with Gasteiger partial charge in [-0.15, -0.1) is 0 Å². The van der Waals surface area contributed by atoms with Crippen molar-refractivity contribution in [1.29, 1.82) is 0 Å². The molecule has 1 saturated heterocycles. The minimum atomic E-state index is -4.43. The normalized spacial score (nSPS) is 15.7. The summed E-state index contributed by atoms with van der Waals surface area (Å²) in [4.78, 5) is 6.52. The molecule has 0 radical (unpaired) electrons. The van der Waals surface area contributed by atoms with Gasteiger partial charge in [-0.2, -0.15) is 13.2 Å². The van der Waals surface area contributed by atoms with Crippen LogP contribution in [0.1, 0.15) is 29.5 Å². The molecule has 0 saturated carbocycles. The van der Waals surface area contributed by atoms with Crippen LogP contribution in [0.3, 0.4) is 0 Å². The van der Waals surface area contributed by atoms with Crippen LogP contribution in [0, 0.1) is 6.92 Å². The molecule has 27 heavy (non-hydrogen) atoms. The van der Waals surface area contributed by atoms with E-state index in [4.69, 9.17) is 4.42 Å². The molecule has 142 valence electrons. The summed E-state index contributed by atoms with van der Waals surface area (Å²) in [6, 6.07) is 8.21. The van der Waals surface area contributed by atoms with Crippen LogP contribution in [-0.4, -0.2) is 23.0 Å². The summed E-state index contributed by atoms with van der Waals surface area (Å²) >= 11 is 3.46. The van der Waals surface area contributed by atoms with E-state index in [1.54, 1.807) is 0 Å². The number of alkyl halides is 3. The first-order valence-electron chi connectivity index (χ1n) is 8.81. The molecule has 1 aromatic heterocycles. The van der Waals surface area contributed by atoms with Crippen molar-refractivity contribution in [2.45, 2.75) is 32.5 Å². The second-order valence-electron chi connectivity index (χ2n) is 6.89. The zero-order chi connectivity index (χ0) is 19.2.